The molecule has 0 saturated heterocycles. The van der Waals surface area contributed by atoms with Gasteiger partial charge >= 0.3 is 0 Å². The first kappa shape index (κ1) is 17.0. The van der Waals surface area contributed by atoms with Crippen LogP contribution in [0.2, 0.25) is 0 Å². The van der Waals surface area contributed by atoms with Crippen molar-refractivity contribution in [2.24, 2.45) is 5.73 Å². The van der Waals surface area contributed by atoms with Gasteiger partial charge in [0.15, 0.2) is 0 Å². The zero-order chi connectivity index (χ0) is 14.6. The average molecular weight is 277 g/mol. The van der Waals surface area contributed by atoms with Gasteiger partial charge in [0, 0.05) is 18.8 Å². The van der Waals surface area contributed by atoms with Gasteiger partial charge in [0.2, 0.25) is 0 Å². The minimum Gasteiger partial charge on any atom is -0.385 e. The fraction of sp³-hybridized carbons (Fsp3) is 0.647. The van der Waals surface area contributed by atoms with Crippen molar-refractivity contribution in [1.29, 1.82) is 0 Å². The second-order valence-electron chi connectivity index (χ2n) is 5.29. The largest absolute Gasteiger partial charge is 0.385 e. The normalized spacial score (nSPS) is 11.0. The molecule has 0 atom stereocenters. The van der Waals surface area contributed by atoms with Crippen LogP contribution in [0.25, 0.3) is 0 Å². The predicted molar refractivity (Wildman–Crippen MR) is 89.1 cm³/mol. The smallest absolute Gasteiger partial charge is 0.0340 e. The van der Waals surface area contributed by atoms with Crippen molar-refractivity contribution in [3.05, 3.63) is 29.8 Å². The first-order chi connectivity index (χ1) is 9.80. The summed E-state index contributed by atoms with van der Waals surface area (Å²) >= 11 is 0. The van der Waals surface area contributed by atoms with Crippen molar-refractivity contribution in [3.63, 3.8) is 0 Å². The Hall–Kier alpha value is -1.06. The highest BCUT2D eigenvalue weighted by Crippen LogP contribution is 2.12. The molecule has 1 aromatic rings. The number of benzene rings is 1. The van der Waals surface area contributed by atoms with Gasteiger partial charge in [-0.3, -0.25) is 4.90 Å². The number of rotatable bonds is 11. The molecule has 0 aliphatic carbocycles. The second-order valence-corrected chi connectivity index (χ2v) is 5.29. The van der Waals surface area contributed by atoms with Crippen LogP contribution in [-0.4, -0.2) is 31.1 Å². The van der Waals surface area contributed by atoms with Gasteiger partial charge in [0.1, 0.15) is 0 Å². The molecule has 0 radical (unpaired) electrons. The Morgan fingerprint density at radius 1 is 0.950 bits per heavy atom. The van der Waals surface area contributed by atoms with E-state index in [2.05, 4.69) is 48.3 Å². The van der Waals surface area contributed by atoms with E-state index in [-0.39, 0.29) is 0 Å². The quantitative estimate of drug-likeness (QED) is 0.609. The molecule has 20 heavy (non-hydrogen) atoms. The second kappa shape index (κ2) is 10.7. The van der Waals surface area contributed by atoms with E-state index in [1.165, 1.54) is 30.5 Å². The Morgan fingerprint density at radius 2 is 1.60 bits per heavy atom. The van der Waals surface area contributed by atoms with E-state index < -0.39 is 0 Å². The SMILES string of the molecule is CCN(CC)Cc1ccc(NCCCCCCN)cc1. The van der Waals surface area contributed by atoms with Crippen LogP contribution in [0.4, 0.5) is 5.69 Å². The van der Waals surface area contributed by atoms with E-state index in [9.17, 15) is 0 Å². The number of hydrogen-bond donors (Lipinski definition) is 2. The first-order valence-electron chi connectivity index (χ1n) is 8.05. The van der Waals surface area contributed by atoms with Gasteiger partial charge in [0.25, 0.3) is 0 Å². The van der Waals surface area contributed by atoms with Crippen LogP contribution >= 0.6 is 0 Å². The molecule has 1 rings (SSSR count). The fourth-order valence-corrected chi connectivity index (χ4v) is 2.29. The van der Waals surface area contributed by atoms with Crippen LogP contribution in [0.5, 0.6) is 0 Å². The van der Waals surface area contributed by atoms with Crippen molar-refractivity contribution in [1.82, 2.24) is 4.90 Å². The Bertz CT molecular complexity index is 331. The molecule has 0 aromatic heterocycles. The Kier molecular flexibility index (Phi) is 9.09. The number of hydrogen-bond acceptors (Lipinski definition) is 3. The molecule has 0 heterocycles. The minimum absolute atomic E-state index is 0.821. The van der Waals surface area contributed by atoms with Crippen molar-refractivity contribution in [3.8, 4) is 0 Å². The van der Waals surface area contributed by atoms with Crippen LogP contribution in [-0.2, 0) is 6.54 Å². The molecule has 3 heteroatoms. The molecule has 0 unspecified atom stereocenters. The molecule has 0 fully saturated rings. The van der Waals surface area contributed by atoms with Gasteiger partial charge < -0.3 is 11.1 Å². The molecule has 114 valence electrons. The van der Waals surface area contributed by atoms with Crippen LogP contribution in [0, 0.1) is 0 Å². The summed E-state index contributed by atoms with van der Waals surface area (Å²) in [4.78, 5) is 2.43. The lowest BCUT2D eigenvalue weighted by Gasteiger charge is -2.18. The zero-order valence-electron chi connectivity index (χ0n) is 13.2. The van der Waals surface area contributed by atoms with Gasteiger partial charge in [-0.2, -0.15) is 0 Å². The van der Waals surface area contributed by atoms with E-state index in [1.54, 1.807) is 0 Å². The van der Waals surface area contributed by atoms with Gasteiger partial charge in [-0.05, 0) is 50.2 Å². The Morgan fingerprint density at radius 3 is 2.20 bits per heavy atom. The van der Waals surface area contributed by atoms with E-state index in [0.29, 0.717) is 0 Å². The molecule has 0 amide bonds. The first-order valence-corrected chi connectivity index (χ1v) is 8.05. The fourth-order valence-electron chi connectivity index (χ4n) is 2.29. The van der Waals surface area contributed by atoms with E-state index in [1.807, 2.05) is 0 Å². The molecule has 0 bridgehead atoms. The molecular formula is C17H31N3. The maximum absolute atomic E-state index is 5.48. The lowest BCUT2D eigenvalue weighted by molar-refractivity contribution is 0.296. The van der Waals surface area contributed by atoms with E-state index >= 15 is 0 Å². The third-order valence-corrected chi connectivity index (χ3v) is 3.71. The Balaban J connectivity index is 2.24. The maximum Gasteiger partial charge on any atom is 0.0340 e. The summed E-state index contributed by atoms with van der Waals surface area (Å²) in [5, 5.41) is 3.49. The summed E-state index contributed by atoms with van der Waals surface area (Å²) in [7, 11) is 0. The van der Waals surface area contributed by atoms with Crippen LogP contribution in [0.1, 0.15) is 45.1 Å². The number of nitrogens with two attached hydrogens (primary N) is 1. The third kappa shape index (κ3) is 6.92. The minimum atomic E-state index is 0.821. The summed E-state index contributed by atoms with van der Waals surface area (Å²) in [6.45, 7) is 9.57. The summed E-state index contributed by atoms with van der Waals surface area (Å²) in [5.41, 5.74) is 8.10. The van der Waals surface area contributed by atoms with Crippen molar-refractivity contribution >= 4 is 5.69 Å². The standard InChI is InChI=1S/C17H31N3/c1-3-20(4-2)15-16-9-11-17(12-10-16)19-14-8-6-5-7-13-18/h9-12,19H,3-8,13-15,18H2,1-2H3. The Labute approximate surface area is 124 Å². The van der Waals surface area contributed by atoms with Crippen LogP contribution < -0.4 is 11.1 Å². The molecule has 0 aliphatic heterocycles. The zero-order valence-corrected chi connectivity index (χ0v) is 13.2. The van der Waals surface area contributed by atoms with Crippen molar-refractivity contribution in [2.75, 3.05) is 31.5 Å². The number of nitrogens with one attached hydrogen (secondary N) is 1. The van der Waals surface area contributed by atoms with Gasteiger partial charge in [-0.25, -0.2) is 0 Å². The van der Waals surface area contributed by atoms with E-state index in [4.69, 9.17) is 5.73 Å². The highest BCUT2D eigenvalue weighted by Gasteiger charge is 2.00. The van der Waals surface area contributed by atoms with Gasteiger partial charge in [-0.15, -0.1) is 0 Å². The summed E-state index contributed by atoms with van der Waals surface area (Å²) in [5.74, 6) is 0. The monoisotopic (exact) mass is 277 g/mol. The number of anilines is 1. The van der Waals surface area contributed by atoms with Crippen molar-refractivity contribution in [2.45, 2.75) is 46.1 Å². The molecule has 0 spiro atoms. The molecule has 1 aromatic carbocycles. The van der Waals surface area contributed by atoms with Gasteiger partial charge in [0.05, 0.1) is 0 Å². The summed E-state index contributed by atoms with van der Waals surface area (Å²) in [6, 6.07) is 8.85. The topological polar surface area (TPSA) is 41.3 Å². The highest BCUT2D eigenvalue weighted by molar-refractivity contribution is 5.44. The van der Waals surface area contributed by atoms with Crippen LogP contribution in [0.3, 0.4) is 0 Å². The lowest BCUT2D eigenvalue weighted by atomic mass is 10.1. The van der Waals surface area contributed by atoms with Gasteiger partial charge in [-0.1, -0.05) is 38.8 Å². The number of unbranched alkanes of at least 4 members (excludes halogenated alkanes) is 3. The molecule has 0 saturated carbocycles. The average Bonchev–Trinajstić information content (AvgIpc) is 2.49. The predicted octanol–water partition coefficient (Wildman–Crippen LogP) is 3.46. The maximum atomic E-state index is 5.48. The van der Waals surface area contributed by atoms with E-state index in [0.717, 1.165) is 39.1 Å². The lowest BCUT2D eigenvalue weighted by Crippen LogP contribution is -2.22. The van der Waals surface area contributed by atoms with Crippen LogP contribution in [0.15, 0.2) is 24.3 Å². The number of nitrogens with zero attached hydrogens (tertiary/aromatic N) is 1. The molecule has 3 N–H and O–H groups in total. The van der Waals surface area contributed by atoms with Crippen molar-refractivity contribution < 1.29 is 0 Å². The summed E-state index contributed by atoms with van der Waals surface area (Å²) in [6.07, 6.45) is 4.90. The molecule has 3 nitrogen and oxygen atoms in total. The highest BCUT2D eigenvalue weighted by atomic mass is 15.1. The summed E-state index contributed by atoms with van der Waals surface area (Å²) < 4.78 is 0. The third-order valence-electron chi connectivity index (χ3n) is 3.71. The molecular weight excluding hydrogens is 246 g/mol. The molecule has 0 aliphatic rings.